The molecule has 1 aliphatic carbocycles. The Morgan fingerprint density at radius 2 is 2.00 bits per heavy atom. The van der Waals surface area contributed by atoms with E-state index in [1.54, 1.807) is 11.8 Å². The Hall–Kier alpha value is -0.740. The molecule has 0 aliphatic heterocycles. The number of thiocarbonyl (C=S) groups is 1. The average molecular weight is 294 g/mol. The lowest BCUT2D eigenvalue weighted by Gasteiger charge is -2.34. The van der Waals surface area contributed by atoms with Gasteiger partial charge in [-0.15, -0.1) is 11.8 Å². The summed E-state index contributed by atoms with van der Waals surface area (Å²) in [6.07, 6.45) is 8.66. The molecule has 104 valence electrons. The Bertz CT molecular complexity index is 453. The van der Waals surface area contributed by atoms with Crippen LogP contribution in [0.3, 0.4) is 0 Å². The van der Waals surface area contributed by atoms with Gasteiger partial charge in [-0.2, -0.15) is 0 Å². The molecular formula is C15H22N2S2. The van der Waals surface area contributed by atoms with Crippen molar-refractivity contribution in [1.82, 2.24) is 0 Å². The molecule has 0 bridgehead atoms. The monoisotopic (exact) mass is 294 g/mol. The highest BCUT2D eigenvalue weighted by Crippen LogP contribution is 2.33. The summed E-state index contributed by atoms with van der Waals surface area (Å²) in [6, 6.07) is 6.96. The Morgan fingerprint density at radius 1 is 1.32 bits per heavy atom. The molecule has 0 saturated heterocycles. The van der Waals surface area contributed by atoms with Crippen LogP contribution in [-0.4, -0.2) is 24.3 Å². The number of rotatable bonds is 4. The topological polar surface area (TPSA) is 29.3 Å². The molecule has 2 N–H and O–H groups in total. The van der Waals surface area contributed by atoms with Crippen molar-refractivity contribution >= 4 is 34.7 Å². The van der Waals surface area contributed by atoms with E-state index >= 15 is 0 Å². The molecule has 1 fully saturated rings. The van der Waals surface area contributed by atoms with Crippen LogP contribution < -0.4 is 10.6 Å². The normalized spacial score (nSPS) is 16.3. The van der Waals surface area contributed by atoms with Gasteiger partial charge in [-0.05, 0) is 31.2 Å². The zero-order chi connectivity index (χ0) is 13.8. The van der Waals surface area contributed by atoms with E-state index in [0.29, 0.717) is 11.0 Å². The van der Waals surface area contributed by atoms with Gasteiger partial charge in [0.2, 0.25) is 0 Å². The second kappa shape index (κ2) is 6.62. The molecule has 1 aromatic carbocycles. The van der Waals surface area contributed by atoms with Crippen LogP contribution in [0.1, 0.15) is 37.7 Å². The van der Waals surface area contributed by atoms with Crippen LogP contribution >= 0.6 is 24.0 Å². The van der Waals surface area contributed by atoms with Crippen LogP contribution in [0.2, 0.25) is 0 Å². The minimum absolute atomic E-state index is 0.502. The largest absolute Gasteiger partial charge is 0.389 e. The standard InChI is InChI=1S/C15H22N2S2/c1-17(11-7-4-3-5-8-11)12-9-6-10-13(19-2)14(12)15(16)18/h6,9-11H,3-5,7-8H2,1-2H3,(H2,16,18). The second-order valence-electron chi connectivity index (χ2n) is 5.12. The first kappa shape index (κ1) is 14.7. The van der Waals surface area contributed by atoms with E-state index < -0.39 is 0 Å². The van der Waals surface area contributed by atoms with E-state index in [1.807, 2.05) is 0 Å². The predicted octanol–water partition coefficient (Wildman–Crippen LogP) is 3.81. The van der Waals surface area contributed by atoms with E-state index in [4.69, 9.17) is 18.0 Å². The quantitative estimate of drug-likeness (QED) is 0.675. The third-order valence-corrected chi connectivity index (χ3v) is 4.96. The van der Waals surface area contributed by atoms with Gasteiger partial charge in [-0.1, -0.05) is 37.5 Å². The summed E-state index contributed by atoms with van der Waals surface area (Å²) >= 11 is 6.97. The van der Waals surface area contributed by atoms with E-state index in [0.717, 1.165) is 5.56 Å². The molecule has 2 nitrogen and oxygen atoms in total. The lowest BCUT2D eigenvalue weighted by molar-refractivity contribution is 0.427. The van der Waals surface area contributed by atoms with Crippen LogP contribution in [0.25, 0.3) is 0 Å². The third kappa shape index (κ3) is 3.23. The summed E-state index contributed by atoms with van der Waals surface area (Å²) in [4.78, 5) is 4.06. The van der Waals surface area contributed by atoms with Crippen LogP contribution in [0.4, 0.5) is 5.69 Å². The summed E-state index contributed by atoms with van der Waals surface area (Å²) in [6.45, 7) is 0. The van der Waals surface area contributed by atoms with Gasteiger partial charge in [0.15, 0.2) is 0 Å². The molecule has 4 heteroatoms. The highest BCUT2D eigenvalue weighted by molar-refractivity contribution is 7.98. The van der Waals surface area contributed by atoms with Gasteiger partial charge in [-0.25, -0.2) is 0 Å². The van der Waals surface area contributed by atoms with Crippen molar-refractivity contribution in [2.45, 2.75) is 43.0 Å². The van der Waals surface area contributed by atoms with Crippen molar-refractivity contribution in [2.24, 2.45) is 5.73 Å². The average Bonchev–Trinajstić information content (AvgIpc) is 2.46. The zero-order valence-electron chi connectivity index (χ0n) is 11.7. The smallest absolute Gasteiger partial charge is 0.107 e. The highest BCUT2D eigenvalue weighted by atomic mass is 32.2. The van der Waals surface area contributed by atoms with Crippen molar-refractivity contribution in [3.63, 3.8) is 0 Å². The predicted molar refractivity (Wildman–Crippen MR) is 89.4 cm³/mol. The second-order valence-corrected chi connectivity index (χ2v) is 6.41. The third-order valence-electron chi connectivity index (χ3n) is 3.97. The lowest BCUT2D eigenvalue weighted by Crippen LogP contribution is -2.34. The molecule has 0 aromatic heterocycles. The fraction of sp³-hybridized carbons (Fsp3) is 0.533. The Labute approximate surface area is 125 Å². The number of hydrogen-bond acceptors (Lipinski definition) is 3. The molecule has 0 radical (unpaired) electrons. The summed E-state index contributed by atoms with van der Waals surface area (Å²) in [5.74, 6) is 0. The summed E-state index contributed by atoms with van der Waals surface area (Å²) in [5, 5.41) is 0. The van der Waals surface area contributed by atoms with Crippen molar-refractivity contribution in [1.29, 1.82) is 0 Å². The number of nitrogens with two attached hydrogens (primary N) is 1. The van der Waals surface area contributed by atoms with E-state index in [-0.39, 0.29) is 0 Å². The molecule has 0 amide bonds. The number of thioether (sulfide) groups is 1. The summed E-state index contributed by atoms with van der Waals surface area (Å²) in [5.41, 5.74) is 8.18. The van der Waals surface area contributed by atoms with Crippen LogP contribution in [-0.2, 0) is 0 Å². The van der Waals surface area contributed by atoms with Gasteiger partial charge in [0.25, 0.3) is 0 Å². The Morgan fingerprint density at radius 3 is 2.58 bits per heavy atom. The minimum Gasteiger partial charge on any atom is -0.389 e. The first-order valence-corrected chi connectivity index (χ1v) is 8.48. The molecule has 1 aromatic rings. The van der Waals surface area contributed by atoms with Gasteiger partial charge in [0, 0.05) is 29.2 Å². The first-order valence-electron chi connectivity index (χ1n) is 6.84. The molecule has 0 spiro atoms. The SMILES string of the molecule is CSc1cccc(N(C)C2CCCCC2)c1C(N)=S. The molecule has 0 heterocycles. The fourth-order valence-electron chi connectivity index (χ4n) is 2.90. The van der Waals surface area contributed by atoms with Crippen molar-refractivity contribution in [2.75, 3.05) is 18.2 Å². The van der Waals surface area contributed by atoms with Crippen LogP contribution in [0.15, 0.2) is 23.1 Å². The van der Waals surface area contributed by atoms with Crippen molar-refractivity contribution in [3.05, 3.63) is 23.8 Å². The molecular weight excluding hydrogens is 272 g/mol. The minimum atomic E-state index is 0.502. The molecule has 1 saturated carbocycles. The molecule has 0 unspecified atom stereocenters. The Balaban J connectivity index is 2.34. The van der Waals surface area contributed by atoms with E-state index in [2.05, 4.69) is 36.4 Å². The maximum atomic E-state index is 5.95. The molecule has 1 aliphatic rings. The Kier molecular flexibility index (Phi) is 5.11. The number of nitrogens with zero attached hydrogens (tertiary/aromatic N) is 1. The van der Waals surface area contributed by atoms with Crippen molar-refractivity contribution < 1.29 is 0 Å². The van der Waals surface area contributed by atoms with E-state index in [9.17, 15) is 0 Å². The number of anilines is 1. The molecule has 19 heavy (non-hydrogen) atoms. The summed E-state index contributed by atoms with van der Waals surface area (Å²) < 4.78 is 0. The van der Waals surface area contributed by atoms with Gasteiger partial charge in [0.05, 0.1) is 0 Å². The van der Waals surface area contributed by atoms with Crippen LogP contribution in [0.5, 0.6) is 0 Å². The van der Waals surface area contributed by atoms with Crippen molar-refractivity contribution in [3.8, 4) is 0 Å². The fourth-order valence-corrected chi connectivity index (χ4v) is 3.81. The maximum Gasteiger partial charge on any atom is 0.107 e. The maximum absolute atomic E-state index is 5.95. The lowest BCUT2D eigenvalue weighted by atomic mass is 9.94. The summed E-state index contributed by atoms with van der Waals surface area (Å²) in [7, 11) is 2.18. The van der Waals surface area contributed by atoms with Gasteiger partial charge in [-0.3, -0.25) is 0 Å². The number of benzene rings is 1. The van der Waals surface area contributed by atoms with Crippen LogP contribution in [0, 0.1) is 0 Å². The van der Waals surface area contributed by atoms with Gasteiger partial charge >= 0.3 is 0 Å². The van der Waals surface area contributed by atoms with E-state index in [1.165, 1.54) is 42.7 Å². The highest BCUT2D eigenvalue weighted by Gasteiger charge is 2.22. The number of hydrogen-bond donors (Lipinski definition) is 1. The van der Waals surface area contributed by atoms with Gasteiger partial charge in [0.1, 0.15) is 4.99 Å². The van der Waals surface area contributed by atoms with Gasteiger partial charge < -0.3 is 10.6 Å². The molecule has 0 atom stereocenters. The first-order chi connectivity index (χ1) is 9.15. The molecule has 2 rings (SSSR count). The zero-order valence-corrected chi connectivity index (χ0v) is 13.3.